The molecule has 0 saturated carbocycles. The molecule has 122 valence electrons. The predicted molar refractivity (Wildman–Crippen MR) is 92.8 cm³/mol. The summed E-state index contributed by atoms with van der Waals surface area (Å²) >= 11 is 0. The summed E-state index contributed by atoms with van der Waals surface area (Å²) in [7, 11) is 0. The van der Waals surface area contributed by atoms with Crippen LogP contribution in [0.1, 0.15) is 24.5 Å². The van der Waals surface area contributed by atoms with Gasteiger partial charge in [0.15, 0.2) is 0 Å². The van der Waals surface area contributed by atoms with Crippen molar-refractivity contribution in [3.63, 3.8) is 0 Å². The van der Waals surface area contributed by atoms with Gasteiger partial charge in [0.1, 0.15) is 5.82 Å². The van der Waals surface area contributed by atoms with E-state index in [2.05, 4.69) is 47.5 Å². The Kier molecular flexibility index (Phi) is 5.42. The van der Waals surface area contributed by atoms with E-state index in [1.165, 1.54) is 11.6 Å². The van der Waals surface area contributed by atoms with E-state index >= 15 is 0 Å². The molecular formula is C20H25FN2. The Morgan fingerprint density at radius 3 is 2.61 bits per heavy atom. The largest absolute Gasteiger partial charge is 0.312 e. The SMILES string of the molecule is C[C@@H]1C[C@H](NCCc2ccccc2F)CN1Cc1ccccc1. The third kappa shape index (κ3) is 4.40. The van der Waals surface area contributed by atoms with E-state index in [-0.39, 0.29) is 5.82 Å². The molecule has 0 aromatic heterocycles. The van der Waals surface area contributed by atoms with Gasteiger partial charge in [-0.15, -0.1) is 0 Å². The number of hydrogen-bond acceptors (Lipinski definition) is 2. The van der Waals surface area contributed by atoms with Crippen LogP contribution in [0.25, 0.3) is 0 Å². The third-order valence-corrected chi connectivity index (χ3v) is 4.72. The van der Waals surface area contributed by atoms with Gasteiger partial charge in [-0.2, -0.15) is 0 Å². The summed E-state index contributed by atoms with van der Waals surface area (Å²) in [6, 6.07) is 18.8. The van der Waals surface area contributed by atoms with Gasteiger partial charge in [0.05, 0.1) is 0 Å². The molecule has 0 radical (unpaired) electrons. The zero-order valence-electron chi connectivity index (χ0n) is 13.7. The molecule has 0 spiro atoms. The normalized spacial score (nSPS) is 21.7. The summed E-state index contributed by atoms with van der Waals surface area (Å²) in [6.07, 6.45) is 1.90. The van der Waals surface area contributed by atoms with E-state index in [1.54, 1.807) is 6.07 Å². The van der Waals surface area contributed by atoms with E-state index in [0.29, 0.717) is 12.1 Å². The van der Waals surface area contributed by atoms with E-state index < -0.39 is 0 Å². The summed E-state index contributed by atoms with van der Waals surface area (Å²) in [5, 5.41) is 3.60. The van der Waals surface area contributed by atoms with Crippen LogP contribution < -0.4 is 5.32 Å². The van der Waals surface area contributed by atoms with Gasteiger partial charge in [-0.25, -0.2) is 4.39 Å². The van der Waals surface area contributed by atoms with E-state index in [4.69, 9.17) is 0 Å². The van der Waals surface area contributed by atoms with Crippen molar-refractivity contribution in [3.05, 3.63) is 71.5 Å². The van der Waals surface area contributed by atoms with Crippen molar-refractivity contribution in [2.24, 2.45) is 0 Å². The van der Waals surface area contributed by atoms with Gasteiger partial charge in [-0.3, -0.25) is 4.90 Å². The molecule has 1 N–H and O–H groups in total. The fourth-order valence-electron chi connectivity index (χ4n) is 3.40. The molecule has 0 amide bonds. The Morgan fingerprint density at radius 1 is 1.09 bits per heavy atom. The van der Waals surface area contributed by atoms with Gasteiger partial charge in [-0.1, -0.05) is 48.5 Å². The summed E-state index contributed by atoms with van der Waals surface area (Å²) in [5.74, 6) is -0.0974. The van der Waals surface area contributed by atoms with Crippen molar-refractivity contribution in [2.45, 2.75) is 38.4 Å². The van der Waals surface area contributed by atoms with Crippen molar-refractivity contribution in [1.29, 1.82) is 0 Å². The van der Waals surface area contributed by atoms with Crippen molar-refractivity contribution in [3.8, 4) is 0 Å². The fourth-order valence-corrected chi connectivity index (χ4v) is 3.40. The molecular weight excluding hydrogens is 287 g/mol. The van der Waals surface area contributed by atoms with Crippen LogP contribution in [-0.4, -0.2) is 30.1 Å². The number of halogens is 1. The Bertz CT molecular complexity index is 614. The Hall–Kier alpha value is -1.71. The van der Waals surface area contributed by atoms with E-state index in [0.717, 1.165) is 38.0 Å². The monoisotopic (exact) mass is 312 g/mol. The van der Waals surface area contributed by atoms with Crippen molar-refractivity contribution in [1.82, 2.24) is 10.2 Å². The third-order valence-electron chi connectivity index (χ3n) is 4.72. The standard InChI is InChI=1S/C20H25FN2/c1-16-13-19(15-23(16)14-17-7-3-2-4-8-17)22-12-11-18-9-5-6-10-20(18)21/h2-10,16,19,22H,11-15H2,1H3/t16-,19+/m1/s1. The highest BCUT2D eigenvalue weighted by molar-refractivity contribution is 5.17. The Morgan fingerprint density at radius 2 is 1.83 bits per heavy atom. The predicted octanol–water partition coefficient (Wildman–Crippen LogP) is 3.62. The highest BCUT2D eigenvalue weighted by Gasteiger charge is 2.28. The van der Waals surface area contributed by atoms with Crippen LogP contribution in [0.3, 0.4) is 0 Å². The van der Waals surface area contributed by atoms with Crippen LogP contribution in [0.5, 0.6) is 0 Å². The van der Waals surface area contributed by atoms with Crippen molar-refractivity contribution in [2.75, 3.05) is 13.1 Å². The minimum Gasteiger partial charge on any atom is -0.312 e. The van der Waals surface area contributed by atoms with Crippen LogP contribution in [0.15, 0.2) is 54.6 Å². The highest BCUT2D eigenvalue weighted by Crippen LogP contribution is 2.20. The van der Waals surface area contributed by atoms with Gasteiger partial charge in [0, 0.05) is 25.2 Å². The summed E-state index contributed by atoms with van der Waals surface area (Å²) < 4.78 is 13.6. The van der Waals surface area contributed by atoms with Crippen molar-refractivity contribution < 1.29 is 4.39 Å². The quantitative estimate of drug-likeness (QED) is 0.876. The van der Waals surface area contributed by atoms with Gasteiger partial charge in [-0.05, 0) is 43.5 Å². The zero-order chi connectivity index (χ0) is 16.1. The minimum atomic E-state index is -0.0974. The van der Waals surface area contributed by atoms with Crippen molar-refractivity contribution >= 4 is 0 Å². The first-order valence-electron chi connectivity index (χ1n) is 8.47. The number of nitrogens with zero attached hydrogens (tertiary/aromatic N) is 1. The average molecular weight is 312 g/mol. The van der Waals surface area contributed by atoms with Crippen LogP contribution in [0, 0.1) is 5.82 Å². The fraction of sp³-hybridized carbons (Fsp3) is 0.400. The molecule has 1 aliphatic heterocycles. The second kappa shape index (κ2) is 7.71. The maximum Gasteiger partial charge on any atom is 0.126 e. The number of benzene rings is 2. The molecule has 0 aliphatic carbocycles. The molecule has 3 heteroatoms. The molecule has 0 bridgehead atoms. The second-order valence-corrected chi connectivity index (χ2v) is 6.49. The lowest BCUT2D eigenvalue weighted by Gasteiger charge is -2.21. The smallest absolute Gasteiger partial charge is 0.126 e. The lowest BCUT2D eigenvalue weighted by atomic mass is 10.1. The van der Waals surface area contributed by atoms with Gasteiger partial charge in [0.2, 0.25) is 0 Å². The lowest BCUT2D eigenvalue weighted by molar-refractivity contribution is 0.257. The van der Waals surface area contributed by atoms with Crippen LogP contribution >= 0.6 is 0 Å². The first kappa shape index (κ1) is 16.2. The molecule has 23 heavy (non-hydrogen) atoms. The maximum atomic E-state index is 13.6. The molecule has 2 aromatic rings. The summed E-state index contributed by atoms with van der Waals surface area (Å²) in [4.78, 5) is 2.52. The molecule has 1 fully saturated rings. The number of rotatable bonds is 6. The molecule has 1 heterocycles. The van der Waals surface area contributed by atoms with Gasteiger partial charge >= 0.3 is 0 Å². The number of hydrogen-bond donors (Lipinski definition) is 1. The lowest BCUT2D eigenvalue weighted by Crippen LogP contribution is -2.34. The van der Waals surface area contributed by atoms with Crippen LogP contribution in [0.2, 0.25) is 0 Å². The van der Waals surface area contributed by atoms with Crippen LogP contribution in [0.4, 0.5) is 4.39 Å². The Labute approximate surface area is 138 Å². The minimum absolute atomic E-state index is 0.0974. The molecule has 2 aromatic carbocycles. The molecule has 0 unspecified atom stereocenters. The molecule has 3 rings (SSSR count). The molecule has 2 nitrogen and oxygen atoms in total. The number of likely N-dealkylation sites (tertiary alicyclic amines) is 1. The number of nitrogens with one attached hydrogen (secondary N) is 1. The Balaban J connectivity index is 1.46. The van der Waals surface area contributed by atoms with E-state index in [1.807, 2.05) is 12.1 Å². The second-order valence-electron chi connectivity index (χ2n) is 6.49. The molecule has 1 saturated heterocycles. The topological polar surface area (TPSA) is 15.3 Å². The molecule has 1 aliphatic rings. The first-order valence-corrected chi connectivity index (χ1v) is 8.47. The van der Waals surface area contributed by atoms with Crippen LogP contribution in [-0.2, 0) is 13.0 Å². The van der Waals surface area contributed by atoms with E-state index in [9.17, 15) is 4.39 Å². The van der Waals surface area contributed by atoms with Gasteiger partial charge in [0.25, 0.3) is 0 Å². The first-order chi connectivity index (χ1) is 11.2. The average Bonchev–Trinajstić information content (AvgIpc) is 2.90. The summed E-state index contributed by atoms with van der Waals surface area (Å²) in [6.45, 7) is 5.19. The highest BCUT2D eigenvalue weighted by atomic mass is 19.1. The summed E-state index contributed by atoms with van der Waals surface area (Å²) in [5.41, 5.74) is 2.17. The van der Waals surface area contributed by atoms with Gasteiger partial charge < -0.3 is 5.32 Å². The molecule has 2 atom stereocenters. The maximum absolute atomic E-state index is 13.6. The zero-order valence-corrected chi connectivity index (χ0v) is 13.7.